The van der Waals surface area contributed by atoms with Gasteiger partial charge in [-0.3, -0.25) is 4.79 Å². The number of rotatable bonds is 4. The maximum atomic E-state index is 13.5. The Bertz CT molecular complexity index is 631. The first-order valence-electron chi connectivity index (χ1n) is 6.10. The fourth-order valence-electron chi connectivity index (χ4n) is 1.77. The van der Waals surface area contributed by atoms with Crippen LogP contribution in [0.3, 0.4) is 0 Å². The summed E-state index contributed by atoms with van der Waals surface area (Å²) in [4.78, 5) is 11.0. The standard InChI is InChI=1S/C15H14ClFN2O/c1-10(20)19-15-8-13(5-6-14(15)17)18-9-11-3-2-4-12(16)7-11/h2-8,18H,9H2,1H3,(H,19,20). The van der Waals surface area contributed by atoms with E-state index in [-0.39, 0.29) is 11.6 Å². The fraction of sp³-hybridized carbons (Fsp3) is 0.133. The molecule has 0 saturated carbocycles. The van der Waals surface area contributed by atoms with Gasteiger partial charge in [-0.1, -0.05) is 23.7 Å². The van der Waals surface area contributed by atoms with Crippen LogP contribution in [0.5, 0.6) is 0 Å². The van der Waals surface area contributed by atoms with Crippen molar-refractivity contribution in [1.29, 1.82) is 0 Å². The van der Waals surface area contributed by atoms with Gasteiger partial charge >= 0.3 is 0 Å². The summed E-state index contributed by atoms with van der Waals surface area (Å²) in [6.07, 6.45) is 0. The lowest BCUT2D eigenvalue weighted by molar-refractivity contribution is -0.114. The Morgan fingerprint density at radius 3 is 2.75 bits per heavy atom. The number of carbonyl (C=O) groups is 1. The molecule has 20 heavy (non-hydrogen) atoms. The number of hydrogen-bond donors (Lipinski definition) is 2. The van der Waals surface area contributed by atoms with E-state index in [0.29, 0.717) is 11.6 Å². The lowest BCUT2D eigenvalue weighted by Gasteiger charge is -2.10. The zero-order valence-electron chi connectivity index (χ0n) is 10.9. The molecule has 0 spiro atoms. The van der Waals surface area contributed by atoms with Gasteiger partial charge in [-0.15, -0.1) is 0 Å². The predicted octanol–water partition coefficient (Wildman–Crippen LogP) is 4.05. The molecule has 0 radical (unpaired) electrons. The molecule has 1 amide bonds. The smallest absolute Gasteiger partial charge is 0.221 e. The van der Waals surface area contributed by atoms with Crippen LogP contribution in [0, 0.1) is 5.82 Å². The van der Waals surface area contributed by atoms with Gasteiger partial charge < -0.3 is 10.6 Å². The van der Waals surface area contributed by atoms with E-state index in [1.165, 1.54) is 13.0 Å². The first-order valence-corrected chi connectivity index (χ1v) is 6.48. The van der Waals surface area contributed by atoms with E-state index < -0.39 is 5.82 Å². The van der Waals surface area contributed by atoms with Gasteiger partial charge in [-0.05, 0) is 35.9 Å². The van der Waals surface area contributed by atoms with Gasteiger partial charge in [0, 0.05) is 24.2 Å². The quantitative estimate of drug-likeness (QED) is 0.892. The van der Waals surface area contributed by atoms with Crippen LogP contribution in [-0.4, -0.2) is 5.91 Å². The van der Waals surface area contributed by atoms with Gasteiger partial charge in [0.15, 0.2) is 0 Å². The molecular weight excluding hydrogens is 279 g/mol. The molecule has 3 nitrogen and oxygen atoms in total. The van der Waals surface area contributed by atoms with Crippen molar-refractivity contribution in [3.8, 4) is 0 Å². The molecular formula is C15H14ClFN2O. The third-order valence-corrected chi connectivity index (χ3v) is 2.90. The zero-order chi connectivity index (χ0) is 14.5. The number of carbonyl (C=O) groups excluding carboxylic acids is 1. The summed E-state index contributed by atoms with van der Waals surface area (Å²) in [5, 5.41) is 6.27. The van der Waals surface area contributed by atoms with Crippen molar-refractivity contribution in [3.05, 3.63) is 58.9 Å². The summed E-state index contributed by atoms with van der Waals surface area (Å²) in [6.45, 7) is 1.90. The second kappa shape index (κ2) is 6.39. The maximum absolute atomic E-state index is 13.5. The van der Waals surface area contributed by atoms with Gasteiger partial charge in [-0.2, -0.15) is 0 Å². The lowest BCUT2D eigenvalue weighted by atomic mass is 10.2. The number of halogens is 2. The van der Waals surface area contributed by atoms with E-state index in [4.69, 9.17) is 11.6 Å². The molecule has 2 aromatic rings. The Morgan fingerprint density at radius 1 is 1.25 bits per heavy atom. The van der Waals surface area contributed by atoms with Crippen molar-refractivity contribution in [2.24, 2.45) is 0 Å². The Kier molecular flexibility index (Phi) is 4.58. The van der Waals surface area contributed by atoms with Crippen molar-refractivity contribution in [1.82, 2.24) is 0 Å². The Hall–Kier alpha value is -2.07. The van der Waals surface area contributed by atoms with Gasteiger partial charge in [0.1, 0.15) is 5.82 Å². The number of amides is 1. The second-order valence-electron chi connectivity index (χ2n) is 4.36. The summed E-state index contributed by atoms with van der Waals surface area (Å²) < 4.78 is 13.5. The number of anilines is 2. The molecule has 0 atom stereocenters. The zero-order valence-corrected chi connectivity index (χ0v) is 11.7. The van der Waals surface area contributed by atoms with Gasteiger partial charge in [0.2, 0.25) is 5.91 Å². The number of benzene rings is 2. The van der Waals surface area contributed by atoms with E-state index >= 15 is 0 Å². The highest BCUT2D eigenvalue weighted by Gasteiger charge is 2.05. The number of nitrogens with one attached hydrogen (secondary N) is 2. The molecule has 0 unspecified atom stereocenters. The van der Waals surface area contributed by atoms with Gasteiger partial charge in [-0.25, -0.2) is 4.39 Å². The van der Waals surface area contributed by atoms with Crippen LogP contribution < -0.4 is 10.6 Å². The normalized spacial score (nSPS) is 10.2. The molecule has 2 rings (SSSR count). The largest absolute Gasteiger partial charge is 0.381 e. The summed E-state index contributed by atoms with van der Waals surface area (Å²) in [7, 11) is 0. The minimum absolute atomic E-state index is 0.161. The van der Waals surface area contributed by atoms with Crippen LogP contribution in [0.2, 0.25) is 5.02 Å². The lowest BCUT2D eigenvalue weighted by Crippen LogP contribution is -2.08. The maximum Gasteiger partial charge on any atom is 0.221 e. The minimum Gasteiger partial charge on any atom is -0.381 e. The van der Waals surface area contributed by atoms with Crippen molar-refractivity contribution >= 4 is 28.9 Å². The molecule has 0 fully saturated rings. The van der Waals surface area contributed by atoms with Crippen LogP contribution in [0.1, 0.15) is 12.5 Å². The fourth-order valence-corrected chi connectivity index (χ4v) is 1.98. The van der Waals surface area contributed by atoms with Crippen LogP contribution in [0.4, 0.5) is 15.8 Å². The summed E-state index contributed by atoms with van der Waals surface area (Å²) in [5.74, 6) is -0.774. The second-order valence-corrected chi connectivity index (χ2v) is 4.80. The number of hydrogen-bond acceptors (Lipinski definition) is 2. The Balaban J connectivity index is 2.08. The molecule has 0 aliphatic rings. The van der Waals surface area contributed by atoms with E-state index in [1.807, 2.05) is 18.2 Å². The minimum atomic E-state index is -0.464. The molecule has 5 heteroatoms. The van der Waals surface area contributed by atoms with Gasteiger partial charge in [0.05, 0.1) is 5.69 Å². The van der Waals surface area contributed by atoms with E-state index in [1.54, 1.807) is 18.2 Å². The molecule has 104 valence electrons. The van der Waals surface area contributed by atoms with Crippen molar-refractivity contribution in [3.63, 3.8) is 0 Å². The van der Waals surface area contributed by atoms with Crippen LogP contribution >= 0.6 is 11.6 Å². The van der Waals surface area contributed by atoms with Crippen molar-refractivity contribution < 1.29 is 9.18 Å². The summed E-state index contributed by atoms with van der Waals surface area (Å²) >= 11 is 5.91. The van der Waals surface area contributed by atoms with Crippen LogP contribution in [-0.2, 0) is 11.3 Å². The summed E-state index contributed by atoms with van der Waals surface area (Å²) in [5.41, 5.74) is 1.90. The SMILES string of the molecule is CC(=O)Nc1cc(NCc2cccc(Cl)c2)ccc1F. The highest BCUT2D eigenvalue weighted by Crippen LogP contribution is 2.20. The van der Waals surface area contributed by atoms with Gasteiger partial charge in [0.25, 0.3) is 0 Å². The van der Waals surface area contributed by atoms with Crippen molar-refractivity contribution in [2.75, 3.05) is 10.6 Å². The topological polar surface area (TPSA) is 41.1 Å². The predicted molar refractivity (Wildman–Crippen MR) is 79.5 cm³/mol. The monoisotopic (exact) mass is 292 g/mol. The average Bonchev–Trinajstić information content (AvgIpc) is 2.39. The first kappa shape index (κ1) is 14.3. The van der Waals surface area contributed by atoms with E-state index in [9.17, 15) is 9.18 Å². The molecule has 0 aromatic heterocycles. The molecule has 0 heterocycles. The van der Waals surface area contributed by atoms with E-state index in [2.05, 4.69) is 10.6 Å². The van der Waals surface area contributed by atoms with Crippen LogP contribution in [0.15, 0.2) is 42.5 Å². The van der Waals surface area contributed by atoms with Crippen LogP contribution in [0.25, 0.3) is 0 Å². The Labute approximate surface area is 121 Å². The molecule has 0 saturated heterocycles. The molecule has 0 aliphatic heterocycles. The summed E-state index contributed by atoms with van der Waals surface area (Å²) in [6, 6.07) is 12.0. The Morgan fingerprint density at radius 2 is 2.05 bits per heavy atom. The highest BCUT2D eigenvalue weighted by atomic mass is 35.5. The highest BCUT2D eigenvalue weighted by molar-refractivity contribution is 6.30. The van der Waals surface area contributed by atoms with Crippen molar-refractivity contribution in [2.45, 2.75) is 13.5 Å². The molecule has 2 aromatic carbocycles. The van der Waals surface area contributed by atoms with E-state index in [0.717, 1.165) is 11.3 Å². The molecule has 0 bridgehead atoms. The average molecular weight is 293 g/mol. The third-order valence-electron chi connectivity index (χ3n) is 2.66. The molecule has 0 aliphatic carbocycles. The third kappa shape index (κ3) is 3.96. The first-order chi connectivity index (χ1) is 9.54. The molecule has 2 N–H and O–H groups in total.